The van der Waals surface area contributed by atoms with Gasteiger partial charge in [0.2, 0.25) is 10.0 Å². The van der Waals surface area contributed by atoms with Crippen LogP contribution >= 0.6 is 0 Å². The van der Waals surface area contributed by atoms with E-state index < -0.39 is 26.0 Å². The van der Waals surface area contributed by atoms with Gasteiger partial charge in [0.15, 0.2) is 0 Å². The topological polar surface area (TPSA) is 141 Å². The number of amides is 1. The second-order valence-corrected chi connectivity index (χ2v) is 12.5. The van der Waals surface area contributed by atoms with Crippen molar-refractivity contribution in [2.24, 2.45) is 0 Å². The van der Waals surface area contributed by atoms with Crippen molar-refractivity contribution >= 4 is 37.0 Å². The summed E-state index contributed by atoms with van der Waals surface area (Å²) in [5.74, 6) is -0.627. The van der Waals surface area contributed by atoms with Crippen LogP contribution in [0.15, 0.2) is 40.8 Å². The lowest BCUT2D eigenvalue weighted by Gasteiger charge is -2.12. The number of sulfonamides is 1. The zero-order chi connectivity index (χ0) is 27.5. The summed E-state index contributed by atoms with van der Waals surface area (Å²) in [5, 5.41) is 3.18. The molecule has 1 heterocycles. The Morgan fingerprint density at radius 3 is 2.42 bits per heavy atom. The van der Waals surface area contributed by atoms with Crippen LogP contribution in [0.3, 0.4) is 0 Å². The molecule has 2 aromatic carbocycles. The highest BCUT2D eigenvalue weighted by molar-refractivity contribution is 7.88. The van der Waals surface area contributed by atoms with Crippen LogP contribution in [0.25, 0.3) is 22.3 Å². The number of benzene rings is 2. The highest BCUT2D eigenvalue weighted by atomic mass is 32.2. The normalized spacial score (nSPS) is 14.2. The summed E-state index contributed by atoms with van der Waals surface area (Å²) in [6.45, 7) is -0.120. The van der Waals surface area contributed by atoms with Crippen LogP contribution in [-0.2, 0) is 34.8 Å². The minimum absolute atomic E-state index is 0.000153. The largest absolute Gasteiger partial charge is 0.455 e. The maximum absolute atomic E-state index is 13.5. The van der Waals surface area contributed by atoms with Gasteiger partial charge in [-0.3, -0.25) is 8.98 Å². The number of carbonyl (C=O) groups is 1. The van der Waals surface area contributed by atoms with Crippen LogP contribution in [0.5, 0.6) is 0 Å². The van der Waals surface area contributed by atoms with Crippen molar-refractivity contribution < 1.29 is 39.4 Å². The molecule has 0 saturated heterocycles. The molecule has 1 saturated carbocycles. The molecule has 0 aliphatic heterocycles. The number of nitrogens with one attached hydrogen (secondary N) is 2. The second kappa shape index (κ2) is 11.5. The van der Waals surface area contributed by atoms with Gasteiger partial charge in [0, 0.05) is 24.5 Å². The van der Waals surface area contributed by atoms with Gasteiger partial charge in [0.1, 0.15) is 17.2 Å². The Morgan fingerprint density at radius 2 is 1.79 bits per heavy atom. The van der Waals surface area contributed by atoms with Gasteiger partial charge in [-0.05, 0) is 66.3 Å². The van der Waals surface area contributed by atoms with Crippen molar-refractivity contribution in [3.63, 3.8) is 0 Å². The first kappa shape index (κ1) is 28.2. The first-order chi connectivity index (χ1) is 18.0. The number of rotatable bonds is 13. The monoisotopic (exact) mass is 568 g/mol. The fraction of sp³-hybridized carbons (Fsp3) is 0.400. The quantitative estimate of drug-likeness (QED) is 0.237. The van der Waals surface area contributed by atoms with E-state index in [1.54, 1.807) is 6.07 Å². The molecule has 0 atom stereocenters. The van der Waals surface area contributed by atoms with Crippen LogP contribution in [0.1, 0.15) is 40.2 Å². The SMILES string of the molecule is CNC(=O)c1c(-c2ccc(F)cc2)oc2cc(CS(=O)(=O)NCCOCCOS(C)(=O)=O)c(C3CC3)cc12. The molecule has 0 spiro atoms. The van der Waals surface area contributed by atoms with Gasteiger partial charge >= 0.3 is 0 Å². The molecule has 0 radical (unpaired) electrons. The summed E-state index contributed by atoms with van der Waals surface area (Å²) in [4.78, 5) is 12.8. The van der Waals surface area contributed by atoms with Crippen LogP contribution in [0.4, 0.5) is 4.39 Å². The Bertz CT molecular complexity index is 1530. The van der Waals surface area contributed by atoms with Crippen molar-refractivity contribution in [2.45, 2.75) is 24.5 Å². The highest BCUT2D eigenvalue weighted by Gasteiger charge is 2.30. The minimum atomic E-state index is -3.75. The van der Waals surface area contributed by atoms with E-state index in [1.807, 2.05) is 6.07 Å². The molecule has 0 bridgehead atoms. The van der Waals surface area contributed by atoms with E-state index in [9.17, 15) is 26.0 Å². The van der Waals surface area contributed by atoms with Crippen molar-refractivity contribution in [3.8, 4) is 11.3 Å². The van der Waals surface area contributed by atoms with E-state index in [-0.39, 0.29) is 49.7 Å². The average Bonchev–Trinajstić information content (AvgIpc) is 3.62. The second-order valence-electron chi connectivity index (χ2n) is 9.01. The molecule has 1 amide bonds. The molecule has 4 rings (SSSR count). The van der Waals surface area contributed by atoms with E-state index in [0.717, 1.165) is 24.7 Å². The Kier molecular flexibility index (Phi) is 8.52. The third-order valence-corrected chi connectivity index (χ3v) is 7.90. The predicted octanol–water partition coefficient (Wildman–Crippen LogP) is 2.89. The molecule has 38 heavy (non-hydrogen) atoms. The van der Waals surface area contributed by atoms with Gasteiger partial charge in [-0.2, -0.15) is 8.42 Å². The van der Waals surface area contributed by atoms with E-state index in [0.29, 0.717) is 27.7 Å². The van der Waals surface area contributed by atoms with Gasteiger partial charge in [-0.1, -0.05) is 0 Å². The van der Waals surface area contributed by atoms with Gasteiger partial charge in [0.05, 0.1) is 37.4 Å². The molecule has 0 unspecified atom stereocenters. The van der Waals surface area contributed by atoms with E-state index >= 15 is 0 Å². The number of carbonyl (C=O) groups excluding carboxylic acids is 1. The van der Waals surface area contributed by atoms with Crippen LogP contribution in [0.2, 0.25) is 0 Å². The summed E-state index contributed by atoms with van der Waals surface area (Å²) in [6, 6.07) is 9.07. The fourth-order valence-corrected chi connectivity index (χ4v) is 5.65. The molecule has 1 aliphatic carbocycles. The van der Waals surface area contributed by atoms with Crippen molar-refractivity contribution in [2.75, 3.05) is 39.7 Å². The highest BCUT2D eigenvalue weighted by Crippen LogP contribution is 2.45. The average molecular weight is 569 g/mol. The Balaban J connectivity index is 1.55. The summed E-state index contributed by atoms with van der Waals surface area (Å²) < 4.78 is 79.3. The zero-order valence-corrected chi connectivity index (χ0v) is 22.6. The number of ether oxygens (including phenoxy) is 1. The number of fused-ring (bicyclic) bond motifs is 1. The molecule has 206 valence electrons. The molecule has 1 aliphatic rings. The van der Waals surface area contributed by atoms with Crippen LogP contribution in [0, 0.1) is 5.82 Å². The third-order valence-electron chi connectivity index (χ3n) is 5.97. The lowest BCUT2D eigenvalue weighted by Crippen LogP contribution is -2.29. The first-order valence-electron chi connectivity index (χ1n) is 11.9. The number of hydrogen-bond donors (Lipinski definition) is 2. The Labute approximate surface area is 220 Å². The molecule has 3 aromatic rings. The molecular formula is C25H29FN2O8S2. The van der Waals surface area contributed by atoms with E-state index in [2.05, 4.69) is 14.2 Å². The molecule has 1 fully saturated rings. The smallest absolute Gasteiger partial charge is 0.264 e. The number of halogens is 1. The van der Waals surface area contributed by atoms with Gasteiger partial charge in [-0.15, -0.1) is 0 Å². The Morgan fingerprint density at radius 1 is 1.08 bits per heavy atom. The molecule has 1 aromatic heterocycles. The predicted molar refractivity (Wildman–Crippen MR) is 139 cm³/mol. The van der Waals surface area contributed by atoms with Crippen LogP contribution < -0.4 is 10.0 Å². The van der Waals surface area contributed by atoms with E-state index in [1.165, 1.54) is 31.3 Å². The zero-order valence-electron chi connectivity index (χ0n) is 21.0. The lowest BCUT2D eigenvalue weighted by molar-refractivity contribution is 0.0964. The molecule has 10 nitrogen and oxygen atoms in total. The summed E-state index contributed by atoms with van der Waals surface area (Å²) in [6.07, 6.45) is 2.75. The lowest BCUT2D eigenvalue weighted by atomic mass is 9.98. The van der Waals surface area contributed by atoms with Crippen molar-refractivity contribution in [3.05, 3.63) is 58.9 Å². The molecule has 13 heteroatoms. The van der Waals surface area contributed by atoms with Gasteiger partial charge in [0.25, 0.3) is 16.0 Å². The van der Waals surface area contributed by atoms with Crippen LogP contribution in [-0.4, -0.2) is 62.4 Å². The van der Waals surface area contributed by atoms with Crippen molar-refractivity contribution in [1.29, 1.82) is 0 Å². The number of hydrogen-bond acceptors (Lipinski definition) is 8. The molecular weight excluding hydrogens is 539 g/mol. The third kappa shape index (κ3) is 7.17. The standard InChI is InChI=1S/C25H29FN2O8S2/c1-27-25(29)23-21-14-20(16-3-4-16)18(13-22(21)36-24(23)17-5-7-19(26)8-6-17)15-38(32,33)28-9-10-34-11-12-35-37(2,30)31/h5-8,13-14,16,28H,3-4,9-12,15H2,1-2H3,(H,27,29). The maximum Gasteiger partial charge on any atom is 0.264 e. The number of furan rings is 1. The first-order valence-corrected chi connectivity index (χ1v) is 15.4. The Hall–Kier alpha value is -2.84. The van der Waals surface area contributed by atoms with Crippen molar-refractivity contribution in [1.82, 2.24) is 10.0 Å². The van der Waals surface area contributed by atoms with Gasteiger partial charge in [-0.25, -0.2) is 17.5 Å². The fourth-order valence-electron chi connectivity index (χ4n) is 4.13. The van der Waals surface area contributed by atoms with Gasteiger partial charge < -0.3 is 14.5 Å². The van der Waals surface area contributed by atoms with E-state index in [4.69, 9.17) is 9.15 Å². The summed E-state index contributed by atoms with van der Waals surface area (Å²) >= 11 is 0. The summed E-state index contributed by atoms with van der Waals surface area (Å²) in [7, 11) is -5.80. The minimum Gasteiger partial charge on any atom is -0.455 e. The summed E-state index contributed by atoms with van der Waals surface area (Å²) in [5.41, 5.74) is 2.59. The maximum atomic E-state index is 13.5. The molecule has 2 N–H and O–H groups in total.